The van der Waals surface area contributed by atoms with Crippen LogP contribution in [-0.2, 0) is 11.3 Å². The lowest BCUT2D eigenvalue weighted by Crippen LogP contribution is -2.45. The van der Waals surface area contributed by atoms with Gasteiger partial charge in [-0.25, -0.2) is 4.79 Å². The monoisotopic (exact) mass is 577 g/mol. The first-order chi connectivity index (χ1) is 14.9. The van der Waals surface area contributed by atoms with Gasteiger partial charge in [-0.2, -0.15) is 0 Å². The van der Waals surface area contributed by atoms with Crippen LogP contribution in [0.15, 0.2) is 28.0 Å². The van der Waals surface area contributed by atoms with Gasteiger partial charge in [-0.15, -0.1) is 24.0 Å². The molecule has 1 heterocycles. The number of nitrogens with one attached hydrogen (secondary N) is 2. The molecule has 0 saturated heterocycles. The summed E-state index contributed by atoms with van der Waals surface area (Å²) >= 11 is 0. The summed E-state index contributed by atoms with van der Waals surface area (Å²) in [5.41, 5.74) is 0.523. The minimum atomic E-state index is -0.513. The van der Waals surface area contributed by atoms with Gasteiger partial charge in [0.1, 0.15) is 5.60 Å². The number of unbranched alkanes of at least 4 members (excludes halogenated alkanes) is 1. The normalized spacial score (nSPS) is 12.7. The molecule has 0 fully saturated rings. The van der Waals surface area contributed by atoms with Gasteiger partial charge in [0.15, 0.2) is 5.96 Å². The van der Waals surface area contributed by atoms with Crippen molar-refractivity contribution in [1.82, 2.24) is 20.1 Å². The van der Waals surface area contributed by atoms with Crippen LogP contribution in [0.1, 0.15) is 59.6 Å². The highest BCUT2D eigenvalue weighted by Crippen LogP contribution is 2.11. The van der Waals surface area contributed by atoms with Crippen LogP contribution < -0.4 is 16.2 Å². The van der Waals surface area contributed by atoms with E-state index in [4.69, 9.17) is 4.74 Å². The third-order valence-electron chi connectivity index (χ3n) is 5.22. The van der Waals surface area contributed by atoms with Crippen LogP contribution in [0, 0.1) is 12.8 Å². The summed E-state index contributed by atoms with van der Waals surface area (Å²) in [6.07, 6.45) is 2.25. The third-order valence-corrected chi connectivity index (χ3v) is 5.22. The number of alkyl carbamates (subject to hydrolysis) is 1. The summed E-state index contributed by atoms with van der Waals surface area (Å²) in [5.74, 6) is 1.11. The molecule has 2 N–H and O–H groups in total. The predicted molar refractivity (Wildman–Crippen MR) is 147 cm³/mol. The zero-order chi connectivity index (χ0) is 24.3. The number of pyridine rings is 1. The van der Waals surface area contributed by atoms with Crippen molar-refractivity contribution in [2.24, 2.45) is 10.9 Å². The van der Waals surface area contributed by atoms with Gasteiger partial charge in [-0.3, -0.25) is 9.79 Å². The Hall–Kier alpha value is -1.78. The maximum atomic E-state index is 12.2. The van der Waals surface area contributed by atoms with Crippen LogP contribution in [0.2, 0.25) is 0 Å². The van der Waals surface area contributed by atoms with E-state index in [1.165, 1.54) is 0 Å². The van der Waals surface area contributed by atoms with Crippen LogP contribution in [0.4, 0.5) is 4.79 Å². The molecule has 1 amide bonds. The Bertz CT molecular complexity index is 802. The molecule has 9 heteroatoms. The highest BCUT2D eigenvalue weighted by Gasteiger charge is 2.22. The standard InChI is InChI=1S/C24H43N5O3.HI/c1-18(2)20(27-23(31)32-24(4,5)6)14-17-28(8)22(25-7)26-15-9-10-16-29-19(3)12-11-13-21(29)30;/h11-13,18,20H,9-10,14-17H2,1-8H3,(H,25,26)(H,27,31);1H. The van der Waals surface area contributed by atoms with Crippen molar-refractivity contribution in [2.75, 3.05) is 27.2 Å². The number of carbonyl (C=O) groups excluding carboxylic acids is 1. The minimum absolute atomic E-state index is 0. The zero-order valence-electron chi connectivity index (χ0n) is 21.6. The number of carbonyl (C=O) groups is 1. The van der Waals surface area contributed by atoms with E-state index in [2.05, 4.69) is 34.4 Å². The molecular formula is C24H44IN5O3. The summed E-state index contributed by atoms with van der Waals surface area (Å²) in [4.78, 5) is 30.5. The minimum Gasteiger partial charge on any atom is -0.444 e. The van der Waals surface area contributed by atoms with Crippen LogP contribution >= 0.6 is 24.0 Å². The van der Waals surface area contributed by atoms with Crippen molar-refractivity contribution >= 4 is 36.0 Å². The quantitative estimate of drug-likeness (QED) is 0.190. The maximum absolute atomic E-state index is 12.2. The number of guanidine groups is 1. The molecule has 0 aliphatic carbocycles. The van der Waals surface area contributed by atoms with Crippen molar-refractivity contribution < 1.29 is 9.53 Å². The number of rotatable bonds is 10. The van der Waals surface area contributed by atoms with Gasteiger partial charge in [0.05, 0.1) is 0 Å². The Kier molecular flexibility index (Phi) is 14.4. The number of halogens is 1. The Morgan fingerprint density at radius 1 is 1.24 bits per heavy atom. The molecule has 1 atom stereocenters. The molecule has 0 aromatic carbocycles. The van der Waals surface area contributed by atoms with Crippen LogP contribution in [-0.4, -0.2) is 60.3 Å². The van der Waals surface area contributed by atoms with E-state index in [0.29, 0.717) is 6.54 Å². The molecule has 190 valence electrons. The van der Waals surface area contributed by atoms with E-state index < -0.39 is 5.60 Å². The van der Waals surface area contributed by atoms with Gasteiger partial charge >= 0.3 is 6.09 Å². The summed E-state index contributed by atoms with van der Waals surface area (Å²) in [6, 6.07) is 5.36. The average molecular weight is 578 g/mol. The van der Waals surface area contributed by atoms with Crippen LogP contribution in [0.25, 0.3) is 0 Å². The second-order valence-electron chi connectivity index (χ2n) is 9.55. The highest BCUT2D eigenvalue weighted by molar-refractivity contribution is 14.0. The number of nitrogens with zero attached hydrogens (tertiary/aromatic N) is 3. The molecule has 0 saturated carbocycles. The first-order valence-electron chi connectivity index (χ1n) is 11.5. The fourth-order valence-electron chi connectivity index (χ4n) is 3.36. The number of aryl methyl sites for hydroxylation is 1. The maximum Gasteiger partial charge on any atom is 0.407 e. The Labute approximate surface area is 216 Å². The molecule has 33 heavy (non-hydrogen) atoms. The SMILES string of the molecule is CN=C(NCCCCn1c(C)cccc1=O)N(C)CCC(NC(=O)OC(C)(C)C)C(C)C.I. The Morgan fingerprint density at radius 3 is 2.45 bits per heavy atom. The second-order valence-corrected chi connectivity index (χ2v) is 9.55. The Morgan fingerprint density at radius 2 is 1.91 bits per heavy atom. The number of hydrogen-bond donors (Lipinski definition) is 2. The van der Waals surface area contributed by atoms with E-state index in [0.717, 1.165) is 44.0 Å². The van der Waals surface area contributed by atoms with E-state index in [1.54, 1.807) is 19.2 Å². The molecule has 8 nitrogen and oxygen atoms in total. The first kappa shape index (κ1) is 31.2. The molecule has 1 aromatic heterocycles. The lowest BCUT2D eigenvalue weighted by molar-refractivity contribution is 0.0486. The van der Waals surface area contributed by atoms with Gasteiger partial charge in [-0.1, -0.05) is 19.9 Å². The fraction of sp³-hybridized carbons (Fsp3) is 0.708. The van der Waals surface area contributed by atoms with Crippen molar-refractivity contribution in [1.29, 1.82) is 0 Å². The van der Waals surface area contributed by atoms with Gasteiger partial charge in [-0.05, 0) is 58.9 Å². The highest BCUT2D eigenvalue weighted by atomic mass is 127. The van der Waals surface area contributed by atoms with Gasteiger partial charge in [0.25, 0.3) is 5.56 Å². The number of hydrogen-bond acceptors (Lipinski definition) is 4. The van der Waals surface area contributed by atoms with Gasteiger partial charge in [0.2, 0.25) is 0 Å². The number of amides is 1. The molecular weight excluding hydrogens is 533 g/mol. The van der Waals surface area contributed by atoms with E-state index in [1.807, 2.05) is 45.4 Å². The lowest BCUT2D eigenvalue weighted by atomic mass is 10.0. The van der Waals surface area contributed by atoms with Gasteiger partial charge < -0.3 is 24.8 Å². The van der Waals surface area contributed by atoms with Crippen molar-refractivity contribution in [3.8, 4) is 0 Å². The molecule has 1 rings (SSSR count). The Balaban J connectivity index is 0.0000102. The smallest absolute Gasteiger partial charge is 0.407 e. The molecule has 0 aliphatic heterocycles. The summed E-state index contributed by atoms with van der Waals surface area (Å²) in [7, 11) is 3.76. The molecule has 0 bridgehead atoms. The van der Waals surface area contributed by atoms with E-state index in [9.17, 15) is 9.59 Å². The topological polar surface area (TPSA) is 88.0 Å². The van der Waals surface area contributed by atoms with E-state index >= 15 is 0 Å². The molecule has 0 spiro atoms. The summed E-state index contributed by atoms with van der Waals surface area (Å²) < 4.78 is 7.21. The zero-order valence-corrected chi connectivity index (χ0v) is 23.9. The summed E-state index contributed by atoms with van der Waals surface area (Å²) in [5, 5.41) is 6.38. The largest absolute Gasteiger partial charge is 0.444 e. The summed E-state index contributed by atoms with van der Waals surface area (Å²) in [6.45, 7) is 14.0. The van der Waals surface area contributed by atoms with Crippen molar-refractivity contribution in [3.63, 3.8) is 0 Å². The number of aromatic nitrogens is 1. The molecule has 0 aliphatic rings. The van der Waals surface area contributed by atoms with Crippen molar-refractivity contribution in [2.45, 2.75) is 79.0 Å². The fourth-order valence-corrected chi connectivity index (χ4v) is 3.36. The lowest BCUT2D eigenvalue weighted by Gasteiger charge is -2.28. The molecule has 0 radical (unpaired) electrons. The second kappa shape index (κ2) is 15.2. The van der Waals surface area contributed by atoms with Crippen LogP contribution in [0.3, 0.4) is 0 Å². The molecule has 1 unspecified atom stereocenters. The average Bonchev–Trinajstić information content (AvgIpc) is 2.68. The van der Waals surface area contributed by atoms with E-state index in [-0.39, 0.29) is 47.6 Å². The number of aliphatic imine (C=N–C) groups is 1. The van der Waals surface area contributed by atoms with Crippen molar-refractivity contribution in [3.05, 3.63) is 34.2 Å². The third kappa shape index (κ3) is 12.3. The molecule has 1 aromatic rings. The van der Waals surface area contributed by atoms with Gasteiger partial charge in [0, 0.05) is 51.5 Å². The number of ether oxygens (including phenoxy) is 1. The predicted octanol–water partition coefficient (Wildman–Crippen LogP) is 4.00. The first-order valence-corrected chi connectivity index (χ1v) is 11.5. The van der Waals surface area contributed by atoms with Crippen LogP contribution in [0.5, 0.6) is 0 Å².